The summed E-state index contributed by atoms with van der Waals surface area (Å²) in [5, 5.41) is 14.6. The van der Waals surface area contributed by atoms with Crippen LogP contribution in [0.5, 0.6) is 0 Å². The van der Waals surface area contributed by atoms with Gasteiger partial charge in [0.1, 0.15) is 18.1 Å². The molecule has 4 unspecified atom stereocenters. The van der Waals surface area contributed by atoms with E-state index in [1.54, 1.807) is 0 Å². The summed E-state index contributed by atoms with van der Waals surface area (Å²) >= 11 is 5.67. The molecule has 0 spiro atoms. The van der Waals surface area contributed by atoms with Crippen molar-refractivity contribution < 1.29 is 24.3 Å². The first-order chi connectivity index (χ1) is 14.1. The third kappa shape index (κ3) is 7.99. The lowest BCUT2D eigenvalue weighted by molar-refractivity contribution is -0.149. The second kappa shape index (κ2) is 13.1. The molecule has 1 heterocycles. The fourth-order valence-corrected chi connectivity index (χ4v) is 4.07. The van der Waals surface area contributed by atoms with Crippen molar-refractivity contribution in [3.63, 3.8) is 0 Å². The van der Waals surface area contributed by atoms with Crippen LogP contribution in [0.1, 0.15) is 39.5 Å². The molecule has 9 nitrogen and oxygen atoms in total. The number of carboxylic acids is 1. The Kier molecular flexibility index (Phi) is 11.6. The third-order valence-corrected chi connectivity index (χ3v) is 5.93. The summed E-state index contributed by atoms with van der Waals surface area (Å²) in [6.45, 7) is 4.24. The van der Waals surface area contributed by atoms with Crippen LogP contribution in [0.2, 0.25) is 0 Å². The summed E-state index contributed by atoms with van der Waals surface area (Å²) in [6.07, 6.45) is 3.72. The SMILES string of the molecule is CSCCC(NC(=O)C(CS)NC(=O)C(N)CC(C)C)C(=O)N1CCCC1C(=O)O. The molecular formula is C19H34N4O5S2. The van der Waals surface area contributed by atoms with Gasteiger partial charge in [0.2, 0.25) is 17.7 Å². The first-order valence-electron chi connectivity index (χ1n) is 10.1. The summed E-state index contributed by atoms with van der Waals surface area (Å²) in [5.41, 5.74) is 5.87. The molecule has 3 amide bonds. The van der Waals surface area contributed by atoms with Crippen molar-refractivity contribution >= 4 is 48.1 Å². The number of thiol groups is 1. The Morgan fingerprint density at radius 3 is 2.37 bits per heavy atom. The molecule has 0 radical (unpaired) electrons. The quantitative estimate of drug-likeness (QED) is 0.259. The lowest BCUT2D eigenvalue weighted by Gasteiger charge is -2.28. The third-order valence-electron chi connectivity index (χ3n) is 4.92. The Balaban J connectivity index is 2.84. The zero-order valence-electron chi connectivity index (χ0n) is 17.8. The van der Waals surface area contributed by atoms with Crippen molar-refractivity contribution in [2.75, 3.05) is 24.3 Å². The maximum absolute atomic E-state index is 13.0. The maximum atomic E-state index is 13.0. The molecule has 0 aromatic carbocycles. The maximum Gasteiger partial charge on any atom is 0.326 e. The van der Waals surface area contributed by atoms with E-state index >= 15 is 0 Å². The van der Waals surface area contributed by atoms with Gasteiger partial charge in [-0.3, -0.25) is 14.4 Å². The first kappa shape index (κ1) is 26.6. The number of amides is 3. The van der Waals surface area contributed by atoms with Gasteiger partial charge in [-0.2, -0.15) is 24.4 Å². The minimum absolute atomic E-state index is 0.0386. The van der Waals surface area contributed by atoms with E-state index in [0.29, 0.717) is 38.0 Å². The van der Waals surface area contributed by atoms with Crippen LogP contribution >= 0.6 is 24.4 Å². The number of hydrogen-bond donors (Lipinski definition) is 5. The highest BCUT2D eigenvalue weighted by molar-refractivity contribution is 7.98. The van der Waals surface area contributed by atoms with Gasteiger partial charge in [0, 0.05) is 12.3 Å². The zero-order valence-corrected chi connectivity index (χ0v) is 19.5. The van der Waals surface area contributed by atoms with E-state index in [4.69, 9.17) is 5.73 Å². The lowest BCUT2D eigenvalue weighted by atomic mass is 10.0. The number of likely N-dealkylation sites (tertiary alicyclic amines) is 1. The molecule has 1 rings (SSSR count). The van der Waals surface area contributed by atoms with E-state index in [1.807, 2.05) is 20.1 Å². The van der Waals surface area contributed by atoms with Crippen molar-refractivity contribution in [1.29, 1.82) is 0 Å². The number of rotatable bonds is 12. The standard InChI is InChI=1S/C19H34N4O5S2/c1-11(2)9-12(20)16(24)22-14(10-29)17(25)21-13(6-8-30-3)18(26)23-7-4-5-15(23)19(27)28/h11-15,29H,4-10,20H2,1-3H3,(H,21,25)(H,22,24)(H,27,28). The van der Waals surface area contributed by atoms with E-state index < -0.39 is 47.9 Å². The van der Waals surface area contributed by atoms with Crippen LogP contribution in [0.25, 0.3) is 0 Å². The molecule has 0 aliphatic carbocycles. The fourth-order valence-electron chi connectivity index (χ4n) is 3.34. The minimum atomic E-state index is -1.05. The van der Waals surface area contributed by atoms with E-state index in [1.165, 1.54) is 16.7 Å². The van der Waals surface area contributed by atoms with Crippen molar-refractivity contribution in [2.24, 2.45) is 11.7 Å². The van der Waals surface area contributed by atoms with Crippen molar-refractivity contribution in [3.05, 3.63) is 0 Å². The van der Waals surface area contributed by atoms with Crippen LogP contribution in [-0.2, 0) is 19.2 Å². The molecule has 1 aliphatic heterocycles. The topological polar surface area (TPSA) is 142 Å². The highest BCUT2D eigenvalue weighted by Gasteiger charge is 2.38. The predicted molar refractivity (Wildman–Crippen MR) is 121 cm³/mol. The Morgan fingerprint density at radius 2 is 1.83 bits per heavy atom. The van der Waals surface area contributed by atoms with Gasteiger partial charge in [-0.15, -0.1) is 0 Å². The zero-order chi connectivity index (χ0) is 22.8. The summed E-state index contributed by atoms with van der Waals surface area (Å²) in [7, 11) is 0. The van der Waals surface area contributed by atoms with Crippen LogP contribution in [0.15, 0.2) is 0 Å². The van der Waals surface area contributed by atoms with Gasteiger partial charge in [-0.1, -0.05) is 13.8 Å². The van der Waals surface area contributed by atoms with Gasteiger partial charge in [0.25, 0.3) is 0 Å². The van der Waals surface area contributed by atoms with Crippen molar-refractivity contribution in [3.8, 4) is 0 Å². The molecule has 1 saturated heterocycles. The van der Waals surface area contributed by atoms with Crippen LogP contribution in [0.3, 0.4) is 0 Å². The number of carbonyl (C=O) groups excluding carboxylic acids is 3. The summed E-state index contributed by atoms with van der Waals surface area (Å²) in [5.74, 6) is -1.57. The second-order valence-electron chi connectivity index (χ2n) is 7.85. The Bertz CT molecular complexity index is 620. The molecule has 0 aromatic heterocycles. The average Bonchev–Trinajstić information content (AvgIpc) is 3.17. The van der Waals surface area contributed by atoms with E-state index in [2.05, 4.69) is 23.3 Å². The summed E-state index contributed by atoms with van der Waals surface area (Å²) in [4.78, 5) is 50.8. The molecule has 1 aliphatic rings. The van der Waals surface area contributed by atoms with Crippen LogP contribution in [-0.4, -0.2) is 82.2 Å². The van der Waals surface area contributed by atoms with Gasteiger partial charge >= 0.3 is 5.97 Å². The first-order valence-corrected chi connectivity index (χ1v) is 12.1. The predicted octanol–water partition coefficient (Wildman–Crippen LogP) is 0.0879. The molecule has 11 heteroatoms. The number of carboxylic acid groups (broad SMARTS) is 1. The van der Waals surface area contributed by atoms with E-state index in [0.717, 1.165) is 0 Å². The lowest BCUT2D eigenvalue weighted by Crippen LogP contribution is -2.57. The molecule has 5 N–H and O–H groups in total. The summed E-state index contributed by atoms with van der Waals surface area (Å²) in [6, 6.07) is -3.43. The molecule has 172 valence electrons. The van der Waals surface area contributed by atoms with Crippen LogP contribution in [0, 0.1) is 5.92 Å². The normalized spacial score (nSPS) is 19.3. The second-order valence-corrected chi connectivity index (χ2v) is 9.20. The van der Waals surface area contributed by atoms with Gasteiger partial charge in [0.05, 0.1) is 6.04 Å². The van der Waals surface area contributed by atoms with Crippen molar-refractivity contribution in [1.82, 2.24) is 15.5 Å². The number of carbonyl (C=O) groups is 4. The molecular weight excluding hydrogens is 428 g/mol. The number of hydrogen-bond acceptors (Lipinski definition) is 7. The van der Waals surface area contributed by atoms with Gasteiger partial charge < -0.3 is 26.4 Å². The van der Waals surface area contributed by atoms with Gasteiger partial charge in [0.15, 0.2) is 0 Å². The van der Waals surface area contributed by atoms with Crippen molar-refractivity contribution in [2.45, 2.75) is 63.7 Å². The smallest absolute Gasteiger partial charge is 0.326 e. The molecule has 4 atom stereocenters. The molecule has 30 heavy (non-hydrogen) atoms. The Hall–Kier alpha value is -1.46. The van der Waals surface area contributed by atoms with Gasteiger partial charge in [-0.25, -0.2) is 4.79 Å². The molecule has 0 bridgehead atoms. The number of nitrogens with one attached hydrogen (secondary N) is 2. The fraction of sp³-hybridized carbons (Fsp3) is 0.789. The Morgan fingerprint density at radius 1 is 1.20 bits per heavy atom. The van der Waals surface area contributed by atoms with E-state index in [9.17, 15) is 24.3 Å². The number of aliphatic carboxylic acids is 1. The molecule has 0 saturated carbocycles. The Labute approximate surface area is 187 Å². The number of nitrogens with zero attached hydrogens (tertiary/aromatic N) is 1. The molecule has 0 aromatic rings. The van der Waals surface area contributed by atoms with Crippen LogP contribution < -0.4 is 16.4 Å². The molecule has 1 fully saturated rings. The monoisotopic (exact) mass is 462 g/mol. The minimum Gasteiger partial charge on any atom is -0.480 e. The van der Waals surface area contributed by atoms with Crippen LogP contribution in [0.4, 0.5) is 0 Å². The number of thioether (sulfide) groups is 1. The highest BCUT2D eigenvalue weighted by Crippen LogP contribution is 2.19. The van der Waals surface area contributed by atoms with E-state index in [-0.39, 0.29) is 11.7 Å². The van der Waals surface area contributed by atoms with Gasteiger partial charge in [-0.05, 0) is 43.6 Å². The average molecular weight is 463 g/mol. The largest absolute Gasteiger partial charge is 0.480 e. The highest BCUT2D eigenvalue weighted by atomic mass is 32.2. The summed E-state index contributed by atoms with van der Waals surface area (Å²) < 4.78 is 0. The number of nitrogens with two attached hydrogens (primary N) is 1.